The molecule has 0 amide bonds. The molecule has 0 saturated carbocycles. The molecule has 0 bridgehead atoms. The monoisotopic (exact) mass is 226 g/mol. The third kappa shape index (κ3) is 5.11. The third-order valence-electron chi connectivity index (χ3n) is 1.14. The molecule has 1 atom stereocenters. The highest BCUT2D eigenvalue weighted by Crippen LogP contribution is 2.41. The largest absolute Gasteiger partial charge is 0.479 e. The Morgan fingerprint density at radius 1 is 1.43 bits per heavy atom. The van der Waals surface area contributed by atoms with Crippen LogP contribution >= 0.6 is 7.60 Å². The van der Waals surface area contributed by atoms with Gasteiger partial charge in [0.25, 0.3) is 5.85 Å². The van der Waals surface area contributed by atoms with E-state index >= 15 is 0 Å². The lowest BCUT2D eigenvalue weighted by molar-refractivity contribution is -0.145. The van der Waals surface area contributed by atoms with Crippen LogP contribution in [0.1, 0.15) is 0 Å². The van der Waals surface area contributed by atoms with Gasteiger partial charge in [0, 0.05) is 0 Å². The molecular weight excluding hydrogens is 215 g/mol. The molecule has 0 aromatic heterocycles. The number of aliphatic carboxylic acids is 1. The Bertz CT molecular complexity index is 255. The number of aliphatic hydroxyl groups excluding tert-OH is 1. The normalized spacial score (nSPS) is 14.5. The molecule has 0 heterocycles. The third-order valence-corrected chi connectivity index (χ3v) is 2.12. The molecule has 0 spiro atoms. The summed E-state index contributed by atoms with van der Waals surface area (Å²) in [5.41, 5.74) is 0. The van der Waals surface area contributed by atoms with E-state index in [4.69, 9.17) is 20.0 Å². The van der Waals surface area contributed by atoms with Gasteiger partial charge in [0.1, 0.15) is 0 Å². The number of carbonyl (C=O) groups is 1. The van der Waals surface area contributed by atoms with Gasteiger partial charge in [0.2, 0.25) is 0 Å². The minimum absolute atomic E-state index is 0.253. The number of carboxylic acids is 1. The van der Waals surface area contributed by atoms with Crippen molar-refractivity contribution in [2.24, 2.45) is 0 Å². The van der Waals surface area contributed by atoms with Gasteiger partial charge in [0.15, 0.2) is 0 Å². The number of aliphatic hydroxyl groups is 1. The Balaban J connectivity index is 4.20. The van der Waals surface area contributed by atoms with Crippen LogP contribution in [0.4, 0.5) is 0 Å². The first-order valence-corrected chi connectivity index (χ1v) is 5.23. The molecule has 1 unspecified atom stereocenters. The minimum Gasteiger partial charge on any atom is -0.479 e. The van der Waals surface area contributed by atoms with Crippen LogP contribution in [-0.4, -0.2) is 45.0 Å². The molecule has 0 saturated heterocycles. The summed E-state index contributed by atoms with van der Waals surface area (Å²) in [7, 11) is -4.80. The molecule has 14 heavy (non-hydrogen) atoms. The maximum Gasteiger partial charge on any atom is 0.365 e. The van der Waals surface area contributed by atoms with E-state index in [1.54, 1.807) is 0 Å². The molecule has 82 valence electrons. The van der Waals surface area contributed by atoms with Crippen LogP contribution in [0.2, 0.25) is 0 Å². The maximum absolute atomic E-state index is 10.6. The van der Waals surface area contributed by atoms with Gasteiger partial charge in [-0.1, -0.05) is 12.2 Å². The fourth-order valence-corrected chi connectivity index (χ4v) is 1.17. The molecule has 7 nitrogen and oxygen atoms in total. The molecule has 4 N–H and O–H groups in total. The van der Waals surface area contributed by atoms with Gasteiger partial charge in [-0.25, -0.2) is 4.79 Å². The van der Waals surface area contributed by atoms with E-state index in [2.05, 4.69) is 4.74 Å². The van der Waals surface area contributed by atoms with Crippen molar-refractivity contribution < 1.29 is 34.1 Å². The summed E-state index contributed by atoms with van der Waals surface area (Å²) in [5, 5.41) is 16.7. The van der Waals surface area contributed by atoms with Crippen molar-refractivity contribution in [2.45, 2.75) is 5.85 Å². The quantitative estimate of drug-likeness (QED) is 0.343. The van der Waals surface area contributed by atoms with Gasteiger partial charge in [-0.15, -0.1) is 0 Å². The average molecular weight is 226 g/mol. The number of hydrogen-bond acceptors (Lipinski definition) is 4. The van der Waals surface area contributed by atoms with Gasteiger partial charge in [-0.05, 0) is 0 Å². The fourth-order valence-electron chi connectivity index (χ4n) is 0.602. The highest BCUT2D eigenvalue weighted by molar-refractivity contribution is 7.53. The summed E-state index contributed by atoms with van der Waals surface area (Å²) in [4.78, 5) is 27.4. The lowest BCUT2D eigenvalue weighted by Crippen LogP contribution is -2.23. The lowest BCUT2D eigenvalue weighted by atomic mass is 10.5. The fraction of sp³-hybridized carbons (Fsp3) is 0.500. The van der Waals surface area contributed by atoms with Crippen LogP contribution in [0.25, 0.3) is 0 Å². The van der Waals surface area contributed by atoms with Crippen LogP contribution in [0.15, 0.2) is 12.2 Å². The molecule has 0 aliphatic rings. The first kappa shape index (κ1) is 13.3. The second-order valence-electron chi connectivity index (χ2n) is 2.27. The molecule has 8 heteroatoms. The predicted molar refractivity (Wildman–Crippen MR) is 45.6 cm³/mol. The van der Waals surface area contributed by atoms with Crippen molar-refractivity contribution in [3.8, 4) is 0 Å². The lowest BCUT2D eigenvalue weighted by Gasteiger charge is -2.13. The molecular formula is C6H11O7P. The molecule has 0 aromatic carbocycles. The van der Waals surface area contributed by atoms with Gasteiger partial charge in [-0.3, -0.25) is 4.57 Å². The van der Waals surface area contributed by atoms with Crippen molar-refractivity contribution in [2.75, 3.05) is 13.2 Å². The molecule has 0 rings (SSSR count). The summed E-state index contributed by atoms with van der Waals surface area (Å²) >= 11 is 0. The Kier molecular flexibility index (Phi) is 5.59. The first-order chi connectivity index (χ1) is 6.39. The molecule has 0 aliphatic heterocycles. The maximum atomic E-state index is 10.6. The topological polar surface area (TPSA) is 124 Å². The van der Waals surface area contributed by atoms with Crippen LogP contribution in [0.3, 0.4) is 0 Å². The number of carboxylic acid groups (broad SMARTS) is 1. The van der Waals surface area contributed by atoms with Crippen LogP contribution < -0.4 is 0 Å². The molecule has 0 aromatic rings. The smallest absolute Gasteiger partial charge is 0.365 e. The van der Waals surface area contributed by atoms with E-state index in [1.807, 2.05) is 0 Å². The minimum atomic E-state index is -4.80. The van der Waals surface area contributed by atoms with E-state index in [0.29, 0.717) is 0 Å². The Labute approximate surface area is 79.8 Å². The second-order valence-corrected chi connectivity index (χ2v) is 3.91. The summed E-state index contributed by atoms with van der Waals surface area (Å²) in [5.74, 6) is -3.89. The average Bonchev–Trinajstić information content (AvgIpc) is 2.01. The van der Waals surface area contributed by atoms with E-state index in [1.165, 1.54) is 12.2 Å². The van der Waals surface area contributed by atoms with Gasteiger partial charge in [0.05, 0.1) is 13.2 Å². The van der Waals surface area contributed by atoms with Crippen LogP contribution in [-0.2, 0) is 14.1 Å². The Morgan fingerprint density at radius 3 is 2.36 bits per heavy atom. The zero-order chi connectivity index (χ0) is 11.2. The first-order valence-electron chi connectivity index (χ1n) is 3.55. The van der Waals surface area contributed by atoms with Gasteiger partial charge >= 0.3 is 13.6 Å². The van der Waals surface area contributed by atoms with Crippen molar-refractivity contribution in [3.63, 3.8) is 0 Å². The zero-order valence-corrected chi connectivity index (χ0v) is 8.00. The van der Waals surface area contributed by atoms with Crippen molar-refractivity contribution >= 4 is 13.6 Å². The zero-order valence-electron chi connectivity index (χ0n) is 7.11. The Hall–Kier alpha value is -0.720. The summed E-state index contributed by atoms with van der Waals surface area (Å²) in [6.07, 6.45) is 2.52. The van der Waals surface area contributed by atoms with E-state index in [0.717, 1.165) is 0 Å². The van der Waals surface area contributed by atoms with Crippen molar-refractivity contribution in [3.05, 3.63) is 12.2 Å². The van der Waals surface area contributed by atoms with E-state index < -0.39 is 19.4 Å². The number of rotatable bonds is 6. The number of ether oxygens (including phenoxy) is 1. The van der Waals surface area contributed by atoms with Gasteiger partial charge < -0.3 is 24.7 Å². The summed E-state index contributed by atoms with van der Waals surface area (Å²) in [6, 6.07) is 0. The van der Waals surface area contributed by atoms with E-state index in [9.17, 15) is 9.36 Å². The van der Waals surface area contributed by atoms with Crippen LogP contribution in [0.5, 0.6) is 0 Å². The van der Waals surface area contributed by atoms with Crippen LogP contribution in [0, 0.1) is 0 Å². The highest BCUT2D eigenvalue weighted by atomic mass is 31.2. The van der Waals surface area contributed by atoms with Crippen molar-refractivity contribution in [1.82, 2.24) is 0 Å². The summed E-state index contributed by atoms with van der Waals surface area (Å²) < 4.78 is 15.0. The van der Waals surface area contributed by atoms with Crippen molar-refractivity contribution in [1.29, 1.82) is 0 Å². The standard InChI is InChI=1S/C6H11O7P/c7-3-1-2-4-13-6(5(8)9)14(10,11)12/h1-2,6-7H,3-4H2,(H,8,9)(H2,10,11,12). The summed E-state index contributed by atoms with van der Waals surface area (Å²) in [6.45, 7) is -0.542. The Morgan fingerprint density at radius 2 is 2.00 bits per heavy atom. The van der Waals surface area contributed by atoms with E-state index in [-0.39, 0.29) is 13.2 Å². The predicted octanol–water partition coefficient (Wildman–Crippen LogP) is -0.860. The molecule has 0 radical (unpaired) electrons. The second kappa shape index (κ2) is 5.90. The highest BCUT2D eigenvalue weighted by Gasteiger charge is 2.36. The van der Waals surface area contributed by atoms with Gasteiger partial charge in [-0.2, -0.15) is 0 Å². The number of hydrogen-bond donors (Lipinski definition) is 4. The molecule has 0 aliphatic carbocycles. The molecule has 0 fully saturated rings. The SMILES string of the molecule is O=C(O)C(OCC=CCO)P(=O)(O)O.